The Hall–Kier alpha value is -2.22. The minimum Gasteiger partial charge on any atom is -0.346 e. The SMILES string of the molecule is C=CCNC(=O)C(=O)C(CCCC)NC(=O)[C@@H]1[C@@H]2[C@H](CN1C(=O)[C@@H](N)C1(C)CCCCC1)C2(C)C. The van der Waals surface area contributed by atoms with Gasteiger partial charge in [-0.05, 0) is 41.9 Å². The number of carbonyl (C=O) groups is 4. The van der Waals surface area contributed by atoms with E-state index in [1.165, 1.54) is 6.08 Å². The zero-order valence-corrected chi connectivity index (χ0v) is 21.9. The van der Waals surface area contributed by atoms with Crippen LogP contribution in [0.1, 0.15) is 79.1 Å². The zero-order chi connectivity index (χ0) is 26.0. The summed E-state index contributed by atoms with van der Waals surface area (Å²) >= 11 is 0. The standard InChI is InChI=1S/C27H44N4O4/c1-6-8-12-18(21(32)24(34)29-15-7-2)30-23(33)20-19-17(26(19,3)4)16-31(20)25(35)22(28)27(5)13-10-9-11-14-27/h7,17-20,22H,2,6,8-16,28H2,1,3-5H3,(H,29,34)(H,30,33)/t17-,18?,19-,20-,22+/m0/s1. The molecule has 2 saturated carbocycles. The number of nitrogens with two attached hydrogens (primary N) is 1. The number of rotatable bonds is 11. The molecule has 0 aromatic heterocycles. The van der Waals surface area contributed by atoms with Crippen LogP contribution in [-0.4, -0.2) is 59.6 Å². The third-order valence-corrected chi connectivity index (χ3v) is 8.88. The van der Waals surface area contributed by atoms with Crippen molar-refractivity contribution >= 4 is 23.5 Å². The zero-order valence-electron chi connectivity index (χ0n) is 21.9. The Balaban J connectivity index is 1.78. The van der Waals surface area contributed by atoms with Gasteiger partial charge < -0.3 is 21.3 Å². The molecule has 1 aliphatic heterocycles. The number of Topliss-reactive ketones (excluding diaryl/α,β-unsaturated/α-hetero) is 1. The van der Waals surface area contributed by atoms with Crippen molar-refractivity contribution in [1.29, 1.82) is 0 Å². The summed E-state index contributed by atoms with van der Waals surface area (Å²) < 4.78 is 0. The molecule has 0 aromatic carbocycles. The van der Waals surface area contributed by atoms with Gasteiger partial charge in [0, 0.05) is 13.1 Å². The molecule has 3 rings (SSSR count). The first-order valence-corrected chi connectivity index (χ1v) is 13.3. The van der Waals surface area contributed by atoms with Crippen LogP contribution in [0.2, 0.25) is 0 Å². The number of hydrogen-bond donors (Lipinski definition) is 3. The van der Waals surface area contributed by atoms with Crippen LogP contribution >= 0.6 is 0 Å². The highest BCUT2D eigenvalue weighted by Gasteiger charge is 2.69. The number of hydrogen-bond acceptors (Lipinski definition) is 5. The molecule has 196 valence electrons. The number of carbonyl (C=O) groups excluding carboxylic acids is 4. The van der Waals surface area contributed by atoms with Crippen molar-refractivity contribution in [2.24, 2.45) is 28.4 Å². The molecule has 4 N–H and O–H groups in total. The number of piperidine rings is 1. The first-order chi connectivity index (χ1) is 16.5. The second-order valence-corrected chi connectivity index (χ2v) is 11.6. The van der Waals surface area contributed by atoms with Gasteiger partial charge in [0.15, 0.2) is 0 Å². The Kier molecular flexibility index (Phi) is 8.45. The number of amides is 3. The predicted molar refractivity (Wildman–Crippen MR) is 135 cm³/mol. The quantitative estimate of drug-likeness (QED) is 0.304. The fourth-order valence-electron chi connectivity index (χ4n) is 6.30. The summed E-state index contributed by atoms with van der Waals surface area (Å²) in [5, 5.41) is 5.35. The summed E-state index contributed by atoms with van der Waals surface area (Å²) in [5.74, 6) is -1.67. The molecule has 0 aromatic rings. The molecule has 1 heterocycles. The van der Waals surface area contributed by atoms with Crippen molar-refractivity contribution in [3.63, 3.8) is 0 Å². The molecule has 1 unspecified atom stereocenters. The fraction of sp³-hybridized carbons (Fsp3) is 0.778. The maximum absolute atomic E-state index is 13.6. The molecule has 0 spiro atoms. The average Bonchev–Trinajstić information content (AvgIpc) is 3.17. The van der Waals surface area contributed by atoms with Crippen LogP contribution in [-0.2, 0) is 19.2 Å². The highest BCUT2D eigenvalue weighted by molar-refractivity contribution is 6.38. The highest BCUT2D eigenvalue weighted by Crippen LogP contribution is 2.65. The number of unbranched alkanes of at least 4 members (excludes halogenated alkanes) is 1. The summed E-state index contributed by atoms with van der Waals surface area (Å²) in [6.07, 6.45) is 8.51. The van der Waals surface area contributed by atoms with Crippen LogP contribution in [0.3, 0.4) is 0 Å². The average molecular weight is 489 g/mol. The Morgan fingerprint density at radius 2 is 1.80 bits per heavy atom. The van der Waals surface area contributed by atoms with Crippen molar-refractivity contribution in [3.05, 3.63) is 12.7 Å². The van der Waals surface area contributed by atoms with E-state index >= 15 is 0 Å². The van der Waals surface area contributed by atoms with Crippen LogP contribution in [0.4, 0.5) is 0 Å². The molecule has 8 heteroatoms. The summed E-state index contributed by atoms with van der Waals surface area (Å²) in [4.78, 5) is 54.1. The number of fused-ring (bicyclic) bond motifs is 1. The summed E-state index contributed by atoms with van der Waals surface area (Å²) in [6, 6.07) is -2.25. The first-order valence-electron chi connectivity index (χ1n) is 13.3. The van der Waals surface area contributed by atoms with E-state index in [-0.39, 0.29) is 41.0 Å². The molecule has 3 aliphatic rings. The van der Waals surface area contributed by atoms with Gasteiger partial charge >= 0.3 is 0 Å². The fourth-order valence-corrected chi connectivity index (χ4v) is 6.30. The lowest BCUT2D eigenvalue weighted by Crippen LogP contribution is -2.59. The number of nitrogens with zero attached hydrogens (tertiary/aromatic N) is 1. The Morgan fingerprint density at radius 3 is 2.40 bits per heavy atom. The molecular formula is C27H44N4O4. The normalized spacial score (nSPS) is 27.8. The summed E-state index contributed by atoms with van der Waals surface area (Å²) in [6.45, 7) is 12.6. The minimum absolute atomic E-state index is 0.0225. The van der Waals surface area contributed by atoms with Gasteiger partial charge in [-0.3, -0.25) is 19.2 Å². The molecule has 3 fully saturated rings. The summed E-state index contributed by atoms with van der Waals surface area (Å²) in [5.41, 5.74) is 6.24. The van der Waals surface area contributed by atoms with Crippen LogP contribution < -0.4 is 16.4 Å². The van der Waals surface area contributed by atoms with Crippen molar-refractivity contribution in [2.45, 2.75) is 97.2 Å². The Morgan fingerprint density at radius 1 is 1.14 bits per heavy atom. The smallest absolute Gasteiger partial charge is 0.289 e. The van der Waals surface area contributed by atoms with Gasteiger partial charge in [-0.15, -0.1) is 6.58 Å². The molecular weight excluding hydrogens is 444 g/mol. The molecule has 3 amide bonds. The van der Waals surface area contributed by atoms with Crippen molar-refractivity contribution in [1.82, 2.24) is 15.5 Å². The van der Waals surface area contributed by atoms with Crippen LogP contribution in [0.5, 0.6) is 0 Å². The van der Waals surface area contributed by atoms with Gasteiger partial charge in [-0.2, -0.15) is 0 Å². The minimum atomic E-state index is -0.922. The van der Waals surface area contributed by atoms with Gasteiger partial charge in [0.05, 0.1) is 12.1 Å². The topological polar surface area (TPSA) is 122 Å². The van der Waals surface area contributed by atoms with Crippen molar-refractivity contribution in [3.8, 4) is 0 Å². The second-order valence-electron chi connectivity index (χ2n) is 11.6. The molecule has 8 nitrogen and oxygen atoms in total. The molecule has 35 heavy (non-hydrogen) atoms. The van der Waals surface area contributed by atoms with Crippen LogP contribution in [0.25, 0.3) is 0 Å². The highest BCUT2D eigenvalue weighted by atomic mass is 16.2. The van der Waals surface area contributed by atoms with Crippen LogP contribution in [0.15, 0.2) is 12.7 Å². The lowest BCUT2D eigenvalue weighted by atomic mass is 9.70. The van der Waals surface area contributed by atoms with E-state index in [2.05, 4.69) is 38.0 Å². The van der Waals surface area contributed by atoms with Crippen LogP contribution in [0, 0.1) is 22.7 Å². The maximum Gasteiger partial charge on any atom is 0.289 e. The van der Waals surface area contributed by atoms with Crippen molar-refractivity contribution in [2.75, 3.05) is 13.1 Å². The van der Waals surface area contributed by atoms with Gasteiger partial charge in [0.25, 0.3) is 5.91 Å². The molecule has 2 aliphatic carbocycles. The molecule has 1 saturated heterocycles. The Labute approximate surface area is 209 Å². The van der Waals surface area contributed by atoms with E-state index in [1.54, 1.807) is 4.90 Å². The number of nitrogens with one attached hydrogen (secondary N) is 2. The second kappa shape index (κ2) is 10.8. The van der Waals surface area contributed by atoms with E-state index in [1.807, 2.05) is 6.92 Å². The van der Waals surface area contributed by atoms with E-state index in [9.17, 15) is 19.2 Å². The molecule has 5 atom stereocenters. The van der Waals surface area contributed by atoms with E-state index in [0.717, 1.165) is 38.5 Å². The van der Waals surface area contributed by atoms with Gasteiger partial charge in [0.1, 0.15) is 6.04 Å². The van der Waals surface area contributed by atoms with E-state index < -0.39 is 29.8 Å². The largest absolute Gasteiger partial charge is 0.346 e. The van der Waals surface area contributed by atoms with Gasteiger partial charge in [0.2, 0.25) is 17.6 Å². The lowest BCUT2D eigenvalue weighted by Gasteiger charge is -2.41. The Bertz CT molecular complexity index is 848. The van der Waals surface area contributed by atoms with Gasteiger partial charge in [-0.1, -0.05) is 65.9 Å². The third-order valence-electron chi connectivity index (χ3n) is 8.88. The lowest BCUT2D eigenvalue weighted by molar-refractivity contribution is -0.145. The summed E-state index contributed by atoms with van der Waals surface area (Å²) in [7, 11) is 0. The van der Waals surface area contributed by atoms with Crippen molar-refractivity contribution < 1.29 is 19.2 Å². The number of ketones is 1. The third kappa shape index (κ3) is 5.47. The van der Waals surface area contributed by atoms with E-state index in [4.69, 9.17) is 5.73 Å². The monoisotopic (exact) mass is 488 g/mol. The molecule has 0 bridgehead atoms. The predicted octanol–water partition coefficient (Wildman–Crippen LogP) is 2.31. The first kappa shape index (κ1) is 27.4. The van der Waals surface area contributed by atoms with E-state index in [0.29, 0.717) is 19.4 Å². The molecule has 0 radical (unpaired) electrons. The maximum atomic E-state index is 13.6. The number of likely N-dealkylation sites (tertiary alicyclic amines) is 1. The van der Waals surface area contributed by atoms with Gasteiger partial charge in [-0.25, -0.2) is 0 Å².